The highest BCUT2D eigenvalue weighted by atomic mass is 32.2. The van der Waals surface area contributed by atoms with Gasteiger partial charge in [-0.05, 0) is 13.0 Å². The van der Waals surface area contributed by atoms with Gasteiger partial charge in [-0.2, -0.15) is 0 Å². The van der Waals surface area contributed by atoms with Crippen molar-refractivity contribution in [3.63, 3.8) is 0 Å². The Morgan fingerprint density at radius 3 is 2.72 bits per heavy atom. The molecule has 2 rings (SSSR count). The van der Waals surface area contributed by atoms with Crippen LogP contribution in [0.2, 0.25) is 0 Å². The normalized spacial score (nSPS) is 17.9. The molecule has 134 valence electrons. The van der Waals surface area contributed by atoms with Gasteiger partial charge in [-0.3, -0.25) is 19.7 Å². The van der Waals surface area contributed by atoms with Crippen LogP contribution in [0, 0.1) is 23.0 Å². The van der Waals surface area contributed by atoms with Crippen molar-refractivity contribution in [2.75, 3.05) is 17.7 Å². The van der Waals surface area contributed by atoms with Crippen molar-refractivity contribution in [2.45, 2.75) is 13.3 Å². The zero-order valence-corrected chi connectivity index (χ0v) is 14.1. The van der Waals surface area contributed by atoms with Crippen molar-refractivity contribution in [1.29, 1.82) is 0 Å². The van der Waals surface area contributed by atoms with Crippen LogP contribution in [0.15, 0.2) is 29.7 Å². The first-order valence-corrected chi connectivity index (χ1v) is 9.00. The van der Waals surface area contributed by atoms with Crippen LogP contribution in [0.25, 0.3) is 0 Å². The summed E-state index contributed by atoms with van der Waals surface area (Å²) in [6.45, 7) is 0.927. The summed E-state index contributed by atoms with van der Waals surface area (Å²) >= 11 is 0. The summed E-state index contributed by atoms with van der Waals surface area (Å²) in [4.78, 5) is 33.8. The number of sulfone groups is 1. The summed E-state index contributed by atoms with van der Waals surface area (Å²) in [5.41, 5.74) is 0.401. The topological polar surface area (TPSA) is 133 Å². The van der Waals surface area contributed by atoms with E-state index in [1.165, 1.54) is 31.2 Å². The summed E-state index contributed by atoms with van der Waals surface area (Å²) in [6, 6.07) is 4.24. The first kappa shape index (κ1) is 18.6. The average molecular weight is 368 g/mol. The fraction of sp³-hybridized carbons (Fsp3) is 0.333. The molecule has 0 saturated carbocycles. The number of hydrogen-bond donors (Lipinski definition) is 1. The van der Waals surface area contributed by atoms with Crippen LogP contribution in [-0.4, -0.2) is 37.6 Å². The van der Waals surface area contributed by atoms with Gasteiger partial charge in [0.05, 0.1) is 28.3 Å². The van der Waals surface area contributed by atoms with Crippen LogP contribution in [0.3, 0.4) is 0 Å². The van der Waals surface area contributed by atoms with Crippen LogP contribution in [0.4, 0.5) is 11.4 Å². The Morgan fingerprint density at radius 2 is 2.12 bits per heavy atom. The molecule has 1 aromatic rings. The van der Waals surface area contributed by atoms with Gasteiger partial charge in [-0.1, -0.05) is 12.1 Å². The Labute approximate surface area is 143 Å². The molecule has 1 atom stereocenters. The van der Waals surface area contributed by atoms with Crippen LogP contribution in [-0.2, 0) is 24.2 Å². The number of hydrogen-bond acceptors (Lipinski definition) is 7. The van der Waals surface area contributed by atoms with E-state index >= 15 is 0 Å². The number of carbonyl (C=O) groups is 2. The van der Waals surface area contributed by atoms with E-state index in [2.05, 4.69) is 5.32 Å². The zero-order valence-electron chi connectivity index (χ0n) is 13.3. The Balaban J connectivity index is 1.85. The lowest BCUT2D eigenvalue weighted by Crippen LogP contribution is -2.22. The first-order chi connectivity index (χ1) is 11.7. The van der Waals surface area contributed by atoms with Crippen molar-refractivity contribution in [3.05, 3.63) is 45.4 Å². The van der Waals surface area contributed by atoms with Crippen molar-refractivity contribution >= 4 is 33.1 Å². The molecule has 1 amide bonds. The molecule has 10 heteroatoms. The van der Waals surface area contributed by atoms with Crippen LogP contribution >= 0.6 is 0 Å². The predicted molar refractivity (Wildman–Crippen MR) is 88.5 cm³/mol. The third-order valence-electron chi connectivity index (χ3n) is 3.57. The highest BCUT2D eigenvalue weighted by Gasteiger charge is 2.24. The lowest BCUT2D eigenvalue weighted by atomic mass is 10.1. The molecule has 0 aliphatic carbocycles. The monoisotopic (exact) mass is 368 g/mol. The quantitative estimate of drug-likeness (QED) is 0.455. The number of amides is 1. The molecule has 0 bridgehead atoms. The van der Waals surface area contributed by atoms with E-state index in [0.717, 1.165) is 5.41 Å². The molecule has 0 fully saturated rings. The molecule has 25 heavy (non-hydrogen) atoms. The smallest absolute Gasteiger partial charge is 0.306 e. The minimum atomic E-state index is -3.25. The molecule has 0 radical (unpaired) electrons. The molecule has 1 aliphatic rings. The number of allylic oxidation sites excluding steroid dienone is 1. The van der Waals surface area contributed by atoms with E-state index in [9.17, 15) is 28.1 Å². The molecule has 1 heterocycles. The number of rotatable bonds is 6. The van der Waals surface area contributed by atoms with Crippen LogP contribution < -0.4 is 5.32 Å². The molecule has 0 aromatic heterocycles. The minimum absolute atomic E-state index is 0.135. The van der Waals surface area contributed by atoms with Crippen LogP contribution in [0.5, 0.6) is 0 Å². The third kappa shape index (κ3) is 5.11. The standard InChI is InChI=1S/C15H16N2O7S/c1-10-12(3-2-4-13(10)17(20)21)16-14(18)8-24-15(19)7-11-5-6-25(22,23)9-11/h2-6,11H,7-9H2,1H3,(H,16,18). The van der Waals surface area contributed by atoms with Crippen molar-refractivity contribution < 1.29 is 27.7 Å². The highest BCUT2D eigenvalue weighted by molar-refractivity contribution is 7.94. The van der Waals surface area contributed by atoms with Gasteiger partial charge in [0.15, 0.2) is 16.4 Å². The number of esters is 1. The number of nitrogens with zero attached hydrogens (tertiary/aromatic N) is 1. The Kier molecular flexibility index (Phi) is 5.52. The second kappa shape index (κ2) is 7.43. The number of anilines is 1. The summed E-state index contributed by atoms with van der Waals surface area (Å²) in [5, 5.41) is 14.4. The molecule has 1 aromatic carbocycles. The predicted octanol–water partition coefficient (Wildman–Crippen LogP) is 1.33. The summed E-state index contributed by atoms with van der Waals surface area (Å²) in [5.74, 6) is -1.95. The van der Waals surface area contributed by atoms with E-state index < -0.39 is 39.2 Å². The summed E-state index contributed by atoms with van der Waals surface area (Å²) in [7, 11) is -3.25. The first-order valence-electron chi connectivity index (χ1n) is 7.28. The molecule has 1 aliphatic heterocycles. The van der Waals surface area contributed by atoms with Gasteiger partial charge in [-0.15, -0.1) is 0 Å². The molecule has 9 nitrogen and oxygen atoms in total. The molecule has 1 N–H and O–H groups in total. The third-order valence-corrected chi connectivity index (χ3v) is 5.04. The minimum Gasteiger partial charge on any atom is -0.456 e. The molecule has 0 saturated heterocycles. The van der Waals surface area contributed by atoms with E-state index in [0.29, 0.717) is 0 Å². The van der Waals surface area contributed by atoms with Gasteiger partial charge >= 0.3 is 5.97 Å². The lowest BCUT2D eigenvalue weighted by Gasteiger charge is -2.10. The maximum atomic E-state index is 11.8. The highest BCUT2D eigenvalue weighted by Crippen LogP contribution is 2.25. The molecule has 1 unspecified atom stereocenters. The number of nitro benzene ring substituents is 1. The van der Waals surface area contributed by atoms with Gasteiger partial charge in [0, 0.05) is 17.4 Å². The summed E-state index contributed by atoms with van der Waals surface area (Å²) < 4.78 is 27.3. The Hall–Kier alpha value is -2.75. The second-order valence-corrected chi connectivity index (χ2v) is 7.47. The number of nitro groups is 1. The second-order valence-electron chi connectivity index (χ2n) is 5.54. The van der Waals surface area contributed by atoms with E-state index in [4.69, 9.17) is 4.74 Å². The van der Waals surface area contributed by atoms with Crippen molar-refractivity contribution in [1.82, 2.24) is 0 Å². The van der Waals surface area contributed by atoms with Gasteiger partial charge < -0.3 is 10.1 Å². The molecular weight excluding hydrogens is 352 g/mol. The summed E-state index contributed by atoms with van der Waals surface area (Å²) in [6.07, 6.45) is 1.28. The SMILES string of the molecule is Cc1c(NC(=O)COC(=O)CC2C=CS(=O)(=O)C2)cccc1[N+](=O)[O-]. The Bertz CT molecular complexity index is 845. The van der Waals surface area contributed by atoms with Gasteiger partial charge in [-0.25, -0.2) is 8.42 Å². The molecule has 0 spiro atoms. The number of ether oxygens (including phenoxy) is 1. The number of benzene rings is 1. The molecular formula is C15H16N2O7S. The van der Waals surface area contributed by atoms with E-state index in [-0.39, 0.29) is 29.1 Å². The van der Waals surface area contributed by atoms with E-state index in [1.807, 2.05) is 0 Å². The maximum absolute atomic E-state index is 11.8. The van der Waals surface area contributed by atoms with Gasteiger partial charge in [0.25, 0.3) is 11.6 Å². The van der Waals surface area contributed by atoms with E-state index in [1.54, 1.807) is 0 Å². The Morgan fingerprint density at radius 1 is 1.40 bits per heavy atom. The number of nitrogens with one attached hydrogen (secondary N) is 1. The van der Waals surface area contributed by atoms with Crippen molar-refractivity contribution in [2.24, 2.45) is 5.92 Å². The average Bonchev–Trinajstić information content (AvgIpc) is 2.86. The fourth-order valence-corrected chi connectivity index (χ4v) is 3.73. The lowest BCUT2D eigenvalue weighted by molar-refractivity contribution is -0.385. The van der Waals surface area contributed by atoms with Crippen LogP contribution in [0.1, 0.15) is 12.0 Å². The largest absolute Gasteiger partial charge is 0.456 e. The van der Waals surface area contributed by atoms with Crippen molar-refractivity contribution in [3.8, 4) is 0 Å². The van der Waals surface area contributed by atoms with Gasteiger partial charge in [0.2, 0.25) is 0 Å². The zero-order chi connectivity index (χ0) is 18.6. The maximum Gasteiger partial charge on any atom is 0.306 e. The fourth-order valence-electron chi connectivity index (χ4n) is 2.33. The number of carbonyl (C=O) groups excluding carboxylic acids is 2. The van der Waals surface area contributed by atoms with Gasteiger partial charge in [0.1, 0.15) is 0 Å².